The van der Waals surface area contributed by atoms with Crippen LogP contribution >= 0.6 is 0 Å². The van der Waals surface area contributed by atoms with Gasteiger partial charge in [-0.05, 0) is 43.0 Å². The number of carbonyl (C=O) groups is 2. The molecule has 2 aliphatic heterocycles. The lowest BCUT2D eigenvalue weighted by Crippen LogP contribution is -2.38. The second kappa shape index (κ2) is 8.88. The molecule has 0 spiro atoms. The van der Waals surface area contributed by atoms with E-state index in [0.717, 1.165) is 36.3 Å². The molecule has 2 aliphatic rings. The van der Waals surface area contributed by atoms with Crippen molar-refractivity contribution in [3.8, 4) is 0 Å². The molecule has 4 rings (SSSR count). The number of anilines is 1. The number of nitrogens with one attached hydrogen (secondary N) is 2. The van der Waals surface area contributed by atoms with E-state index in [0.29, 0.717) is 24.6 Å². The first-order valence-electron chi connectivity index (χ1n) is 10.7. The van der Waals surface area contributed by atoms with Gasteiger partial charge in [-0.1, -0.05) is 38.1 Å². The van der Waals surface area contributed by atoms with Crippen molar-refractivity contribution in [2.45, 2.75) is 39.0 Å². The van der Waals surface area contributed by atoms with E-state index in [1.54, 1.807) is 6.07 Å². The minimum atomic E-state index is -0.285. The van der Waals surface area contributed by atoms with Crippen LogP contribution in [0.4, 0.5) is 5.69 Å². The molecule has 6 heteroatoms. The van der Waals surface area contributed by atoms with Crippen molar-refractivity contribution < 1.29 is 14.3 Å². The average Bonchev–Trinajstić information content (AvgIpc) is 3.35. The lowest BCUT2D eigenvalue weighted by molar-refractivity contribution is 0.0488. The number of hydrogen-bond donors (Lipinski definition) is 2. The minimum Gasteiger partial charge on any atom is -0.376 e. The van der Waals surface area contributed by atoms with Crippen LogP contribution in [0.2, 0.25) is 0 Å². The second-order valence-corrected chi connectivity index (χ2v) is 8.41. The first kappa shape index (κ1) is 20.4. The summed E-state index contributed by atoms with van der Waals surface area (Å²) < 4.78 is 5.78. The van der Waals surface area contributed by atoms with Crippen LogP contribution in [0.15, 0.2) is 48.5 Å². The zero-order chi connectivity index (χ0) is 21.1. The van der Waals surface area contributed by atoms with Crippen LogP contribution < -0.4 is 10.6 Å². The first-order valence-corrected chi connectivity index (χ1v) is 10.7. The van der Waals surface area contributed by atoms with Crippen LogP contribution in [0.1, 0.15) is 59.1 Å². The normalized spacial score (nSPS) is 20.5. The van der Waals surface area contributed by atoms with Crippen molar-refractivity contribution in [3.63, 3.8) is 0 Å². The third-order valence-electron chi connectivity index (χ3n) is 5.58. The molecule has 2 N–H and O–H groups in total. The Balaban J connectivity index is 1.56. The molecule has 158 valence electrons. The summed E-state index contributed by atoms with van der Waals surface area (Å²) in [5.41, 5.74) is 3.08. The highest BCUT2D eigenvalue weighted by Crippen LogP contribution is 2.35. The average molecular weight is 408 g/mol. The van der Waals surface area contributed by atoms with Gasteiger partial charge in [0.1, 0.15) is 6.17 Å². The highest BCUT2D eigenvalue weighted by molar-refractivity contribution is 5.99. The largest absolute Gasteiger partial charge is 0.376 e. The first-order chi connectivity index (χ1) is 14.5. The Bertz CT molecular complexity index is 921. The molecule has 2 aromatic rings. The van der Waals surface area contributed by atoms with Crippen LogP contribution in [-0.2, 0) is 4.74 Å². The summed E-state index contributed by atoms with van der Waals surface area (Å²) in [6, 6.07) is 15.1. The Morgan fingerprint density at radius 1 is 1.20 bits per heavy atom. The molecule has 0 unspecified atom stereocenters. The maximum Gasteiger partial charge on any atom is 0.256 e. The molecule has 0 aromatic heterocycles. The van der Waals surface area contributed by atoms with Crippen LogP contribution in [0.5, 0.6) is 0 Å². The van der Waals surface area contributed by atoms with Gasteiger partial charge in [0, 0.05) is 42.1 Å². The number of ether oxygens (including phenoxy) is 1. The molecular formula is C24H29N3O3. The summed E-state index contributed by atoms with van der Waals surface area (Å²) in [5, 5.41) is 6.43. The zero-order valence-corrected chi connectivity index (χ0v) is 17.6. The molecule has 6 nitrogen and oxygen atoms in total. The predicted molar refractivity (Wildman–Crippen MR) is 116 cm³/mol. The lowest BCUT2D eigenvalue weighted by Gasteiger charge is -2.29. The predicted octanol–water partition coefficient (Wildman–Crippen LogP) is 3.82. The maximum atomic E-state index is 13.1. The van der Waals surface area contributed by atoms with Crippen LogP contribution in [0, 0.1) is 5.92 Å². The van der Waals surface area contributed by atoms with Gasteiger partial charge in [-0.25, -0.2) is 0 Å². The molecule has 30 heavy (non-hydrogen) atoms. The van der Waals surface area contributed by atoms with Gasteiger partial charge in [0.15, 0.2) is 0 Å². The zero-order valence-electron chi connectivity index (χ0n) is 17.6. The van der Waals surface area contributed by atoms with Gasteiger partial charge in [-0.3, -0.25) is 9.59 Å². The molecule has 1 saturated heterocycles. The van der Waals surface area contributed by atoms with Gasteiger partial charge >= 0.3 is 0 Å². The molecule has 0 radical (unpaired) electrons. The number of amides is 2. The SMILES string of the molecule is CC(C)CNC(=O)c1cccc(N[C@@H]2c3ccccc3C(=O)N2C[C@H]2CCCO2)c1. The smallest absolute Gasteiger partial charge is 0.256 e. The third kappa shape index (κ3) is 4.33. The molecule has 0 saturated carbocycles. The van der Waals surface area contributed by atoms with Crippen molar-refractivity contribution in [2.24, 2.45) is 5.92 Å². The van der Waals surface area contributed by atoms with E-state index < -0.39 is 0 Å². The van der Waals surface area contributed by atoms with Gasteiger partial charge in [0.05, 0.1) is 6.10 Å². The lowest BCUT2D eigenvalue weighted by atomic mass is 10.1. The van der Waals surface area contributed by atoms with E-state index in [4.69, 9.17) is 4.74 Å². The molecule has 2 atom stereocenters. The molecule has 2 aromatic carbocycles. The van der Waals surface area contributed by atoms with Crippen LogP contribution in [0.25, 0.3) is 0 Å². The monoisotopic (exact) mass is 407 g/mol. The van der Waals surface area contributed by atoms with Crippen LogP contribution in [-0.4, -0.2) is 42.5 Å². The summed E-state index contributed by atoms with van der Waals surface area (Å²) in [4.78, 5) is 27.4. The highest BCUT2D eigenvalue weighted by atomic mass is 16.5. The molecule has 0 aliphatic carbocycles. The molecule has 2 amide bonds. The summed E-state index contributed by atoms with van der Waals surface area (Å²) in [6.45, 7) is 6.08. The van der Waals surface area contributed by atoms with Crippen molar-refractivity contribution in [1.82, 2.24) is 10.2 Å². The summed E-state index contributed by atoms with van der Waals surface area (Å²) >= 11 is 0. The number of fused-ring (bicyclic) bond motifs is 1. The maximum absolute atomic E-state index is 13.1. The number of carbonyl (C=O) groups excluding carboxylic acids is 2. The number of hydrogen-bond acceptors (Lipinski definition) is 4. The van der Waals surface area contributed by atoms with E-state index in [2.05, 4.69) is 24.5 Å². The van der Waals surface area contributed by atoms with E-state index in [-0.39, 0.29) is 24.1 Å². The van der Waals surface area contributed by atoms with Gasteiger partial charge < -0.3 is 20.3 Å². The van der Waals surface area contributed by atoms with Gasteiger partial charge in [-0.15, -0.1) is 0 Å². The van der Waals surface area contributed by atoms with E-state index >= 15 is 0 Å². The summed E-state index contributed by atoms with van der Waals surface area (Å²) in [6.07, 6.45) is 1.79. The fraction of sp³-hybridized carbons (Fsp3) is 0.417. The van der Waals surface area contributed by atoms with Gasteiger partial charge in [-0.2, -0.15) is 0 Å². The van der Waals surface area contributed by atoms with Gasteiger partial charge in [0.2, 0.25) is 0 Å². The fourth-order valence-electron chi connectivity index (χ4n) is 4.03. The Morgan fingerprint density at radius 3 is 2.80 bits per heavy atom. The third-order valence-corrected chi connectivity index (χ3v) is 5.58. The molecule has 2 heterocycles. The molecule has 0 bridgehead atoms. The van der Waals surface area contributed by atoms with E-state index in [9.17, 15) is 9.59 Å². The summed E-state index contributed by atoms with van der Waals surface area (Å²) in [7, 11) is 0. The number of rotatable bonds is 7. The molecular weight excluding hydrogens is 378 g/mol. The van der Waals surface area contributed by atoms with Gasteiger partial charge in [0.25, 0.3) is 11.8 Å². The summed E-state index contributed by atoms with van der Waals surface area (Å²) in [5.74, 6) is 0.318. The number of nitrogens with zero attached hydrogens (tertiary/aromatic N) is 1. The topological polar surface area (TPSA) is 70.7 Å². The van der Waals surface area contributed by atoms with Crippen molar-refractivity contribution >= 4 is 17.5 Å². The van der Waals surface area contributed by atoms with Crippen LogP contribution in [0.3, 0.4) is 0 Å². The van der Waals surface area contributed by atoms with Crippen molar-refractivity contribution in [1.29, 1.82) is 0 Å². The Kier molecular flexibility index (Phi) is 6.04. The Morgan fingerprint density at radius 2 is 2.03 bits per heavy atom. The Hall–Kier alpha value is -2.86. The van der Waals surface area contributed by atoms with Crippen molar-refractivity contribution in [2.75, 3.05) is 25.0 Å². The second-order valence-electron chi connectivity index (χ2n) is 8.41. The fourth-order valence-corrected chi connectivity index (χ4v) is 4.03. The Labute approximate surface area is 177 Å². The quantitative estimate of drug-likeness (QED) is 0.732. The van der Waals surface area contributed by atoms with E-state index in [1.807, 2.05) is 47.4 Å². The standard InChI is InChI=1S/C24H29N3O3/c1-16(2)14-25-23(28)17-7-5-8-18(13-17)26-22-20-10-3-4-11-21(20)24(29)27(22)15-19-9-6-12-30-19/h3-5,7-8,10-11,13,16,19,22,26H,6,9,12,14-15H2,1-2H3,(H,25,28)/t19-,22+/m1/s1. The number of benzene rings is 2. The van der Waals surface area contributed by atoms with Crippen molar-refractivity contribution in [3.05, 3.63) is 65.2 Å². The molecule has 1 fully saturated rings. The van der Waals surface area contributed by atoms with E-state index in [1.165, 1.54) is 0 Å². The highest BCUT2D eigenvalue weighted by Gasteiger charge is 2.38. The minimum absolute atomic E-state index is 0.0180.